The Bertz CT molecular complexity index is 1980. The number of nitrogens with zero attached hydrogens (tertiary/aromatic N) is 5. The van der Waals surface area contributed by atoms with Crippen molar-refractivity contribution >= 4 is 34.5 Å². The lowest BCUT2D eigenvalue weighted by atomic mass is 10.00. The van der Waals surface area contributed by atoms with E-state index in [-0.39, 0.29) is 43.1 Å². The predicted molar refractivity (Wildman–Crippen MR) is 199 cm³/mol. The molecule has 1 saturated heterocycles. The van der Waals surface area contributed by atoms with E-state index in [0.717, 1.165) is 57.5 Å². The maximum atomic E-state index is 14.9. The molecule has 0 bridgehead atoms. The van der Waals surface area contributed by atoms with Gasteiger partial charge in [0.15, 0.2) is 5.65 Å². The lowest BCUT2D eigenvalue weighted by Crippen LogP contribution is -2.30. The summed E-state index contributed by atoms with van der Waals surface area (Å²) in [6, 6.07) is 14.5. The highest BCUT2D eigenvalue weighted by Gasteiger charge is 2.22. The zero-order valence-electron chi connectivity index (χ0n) is 29.8. The molecule has 0 spiro atoms. The van der Waals surface area contributed by atoms with E-state index in [2.05, 4.69) is 43.3 Å². The minimum atomic E-state index is -0.345. The number of pyridine rings is 1. The van der Waals surface area contributed by atoms with Crippen LogP contribution in [-0.4, -0.2) is 55.8 Å². The molecule has 3 aromatic heterocycles. The van der Waals surface area contributed by atoms with Crippen LogP contribution < -0.4 is 21.3 Å². The number of carbonyl (C=O) groups is 2. The molecule has 0 unspecified atom stereocenters. The molecule has 1 aliphatic rings. The van der Waals surface area contributed by atoms with E-state index < -0.39 is 0 Å². The number of halogens is 1. The third kappa shape index (κ3) is 9.26. The van der Waals surface area contributed by atoms with E-state index in [0.29, 0.717) is 57.2 Å². The van der Waals surface area contributed by atoms with Crippen LogP contribution in [0.15, 0.2) is 67.1 Å². The Labute approximate surface area is 303 Å². The fourth-order valence-corrected chi connectivity index (χ4v) is 6.40. The molecule has 0 radical (unpaired) electrons. The molecule has 1 aliphatic heterocycles. The van der Waals surface area contributed by atoms with Crippen molar-refractivity contribution in [2.24, 2.45) is 0 Å². The first kappa shape index (κ1) is 36.4. The van der Waals surface area contributed by atoms with Crippen molar-refractivity contribution in [2.45, 2.75) is 84.6 Å². The quantitative estimate of drug-likeness (QED) is 0.0982. The molecule has 0 saturated carbocycles. The summed E-state index contributed by atoms with van der Waals surface area (Å²) < 4.78 is 22.4. The molecule has 1 fully saturated rings. The summed E-state index contributed by atoms with van der Waals surface area (Å²) >= 11 is 0. The van der Waals surface area contributed by atoms with Crippen molar-refractivity contribution in [1.29, 1.82) is 0 Å². The van der Waals surface area contributed by atoms with E-state index in [1.807, 2.05) is 42.1 Å². The topological polar surface area (TPSA) is 148 Å². The molecule has 0 aliphatic carbocycles. The number of hydrogen-bond donors (Lipinski definition) is 4. The second kappa shape index (κ2) is 17.7. The second-order valence-corrected chi connectivity index (χ2v) is 12.8. The number of hydrogen-bond acceptors (Lipinski definition) is 9. The molecule has 52 heavy (non-hydrogen) atoms. The van der Waals surface area contributed by atoms with Gasteiger partial charge in [0.2, 0.25) is 17.8 Å². The van der Waals surface area contributed by atoms with Crippen LogP contribution in [0.4, 0.5) is 16.0 Å². The number of aromatic nitrogens is 5. The predicted octanol–water partition coefficient (Wildman–Crippen LogP) is 5.92. The van der Waals surface area contributed by atoms with Crippen molar-refractivity contribution in [1.82, 2.24) is 35.4 Å². The van der Waals surface area contributed by atoms with Crippen LogP contribution in [0, 0.1) is 5.82 Å². The minimum Gasteiger partial charge on any atom is -0.381 e. The zero-order valence-corrected chi connectivity index (χ0v) is 29.8. The Hall–Kier alpha value is -5.43. The third-order valence-electron chi connectivity index (χ3n) is 9.22. The highest BCUT2D eigenvalue weighted by molar-refractivity contribution is 5.92. The smallest absolute Gasteiger partial charge is 0.222 e. The third-order valence-corrected chi connectivity index (χ3v) is 9.22. The fraction of sp³-hybridized carbons (Fsp3) is 0.385. The summed E-state index contributed by atoms with van der Waals surface area (Å²) in [6.45, 7) is 7.31. The van der Waals surface area contributed by atoms with Gasteiger partial charge in [-0.2, -0.15) is 5.10 Å². The summed E-state index contributed by atoms with van der Waals surface area (Å²) in [4.78, 5) is 39.0. The van der Waals surface area contributed by atoms with Crippen molar-refractivity contribution in [3.05, 3.63) is 95.3 Å². The van der Waals surface area contributed by atoms with Crippen molar-refractivity contribution in [2.75, 3.05) is 23.8 Å². The van der Waals surface area contributed by atoms with Crippen LogP contribution in [0.2, 0.25) is 0 Å². The van der Waals surface area contributed by atoms with Crippen LogP contribution in [0.3, 0.4) is 0 Å². The van der Waals surface area contributed by atoms with Gasteiger partial charge in [-0.3, -0.25) is 9.59 Å². The standard InChI is InChI=1S/C39H46FN9O3/c1-3-34-31(37(47-29-14-18-52-19-15-29)32-25-46-49(4-2)38(32)48-34)24-44-36(51)11-6-10-35(50)43-22-27-12-13-33(40)30(21-27)28-9-5-8-26(20-28)23-45-39-41-16-7-17-42-39/h5,7-9,12-13,16-17,20-21,25,29H,3-4,6,10-11,14-15,18-19,22-24H2,1-2H3,(H,43,50)(H,44,51)(H,47,48)(H,41,42,45). The molecule has 2 amide bonds. The molecule has 0 atom stereocenters. The van der Waals surface area contributed by atoms with E-state index in [1.54, 1.807) is 30.6 Å². The number of fused-ring (bicyclic) bond motifs is 1. The van der Waals surface area contributed by atoms with Gasteiger partial charge in [-0.15, -0.1) is 0 Å². The molecule has 6 rings (SSSR count). The van der Waals surface area contributed by atoms with Gasteiger partial charge in [0.25, 0.3) is 0 Å². The van der Waals surface area contributed by atoms with Gasteiger partial charge in [0.05, 0.1) is 17.3 Å². The average Bonchev–Trinajstić information content (AvgIpc) is 3.60. The first-order valence-electron chi connectivity index (χ1n) is 18.0. The molecule has 4 heterocycles. The van der Waals surface area contributed by atoms with Crippen molar-refractivity contribution in [3.8, 4) is 11.1 Å². The second-order valence-electron chi connectivity index (χ2n) is 12.8. The molecule has 5 aromatic rings. The van der Waals surface area contributed by atoms with Crippen molar-refractivity contribution in [3.63, 3.8) is 0 Å². The van der Waals surface area contributed by atoms with Crippen LogP contribution in [0.1, 0.15) is 68.3 Å². The highest BCUT2D eigenvalue weighted by atomic mass is 19.1. The van der Waals surface area contributed by atoms with Crippen LogP contribution >= 0.6 is 0 Å². The van der Waals surface area contributed by atoms with Gasteiger partial charge in [-0.05, 0) is 73.6 Å². The number of anilines is 2. The number of aryl methyl sites for hydroxylation is 2. The van der Waals surface area contributed by atoms with Crippen molar-refractivity contribution < 1.29 is 18.7 Å². The first-order chi connectivity index (χ1) is 25.4. The number of amides is 2. The monoisotopic (exact) mass is 707 g/mol. The zero-order chi connectivity index (χ0) is 36.3. The molecular weight excluding hydrogens is 661 g/mol. The molecule has 2 aromatic carbocycles. The van der Waals surface area contributed by atoms with E-state index in [9.17, 15) is 14.0 Å². The summed E-state index contributed by atoms with van der Waals surface area (Å²) in [5, 5.41) is 18.4. The number of benzene rings is 2. The lowest BCUT2D eigenvalue weighted by Gasteiger charge is -2.26. The SMILES string of the molecule is CCc1nc2c(cnn2CC)c(NC2CCOCC2)c1CNC(=O)CCCC(=O)NCc1ccc(F)c(-c2cccc(CNc3ncccn3)c2)c1. The Morgan fingerprint density at radius 3 is 2.42 bits per heavy atom. The van der Waals surface area contributed by atoms with E-state index >= 15 is 0 Å². The summed E-state index contributed by atoms with van der Waals surface area (Å²) in [5.41, 5.74) is 6.60. The molecular formula is C39H46FN9O3. The number of carbonyl (C=O) groups excluding carboxylic acids is 2. The largest absolute Gasteiger partial charge is 0.381 e. The van der Waals surface area contributed by atoms with Gasteiger partial charge in [-0.1, -0.05) is 31.2 Å². The lowest BCUT2D eigenvalue weighted by molar-refractivity contribution is -0.122. The summed E-state index contributed by atoms with van der Waals surface area (Å²) in [6.07, 6.45) is 8.50. The van der Waals surface area contributed by atoms with Crippen LogP contribution in [0.5, 0.6) is 0 Å². The van der Waals surface area contributed by atoms with Crippen LogP contribution in [0.25, 0.3) is 22.2 Å². The Balaban J connectivity index is 1.00. The fourth-order valence-electron chi connectivity index (χ4n) is 6.40. The number of rotatable bonds is 16. The van der Waals surface area contributed by atoms with E-state index in [4.69, 9.17) is 9.72 Å². The molecule has 272 valence electrons. The Morgan fingerprint density at radius 2 is 1.67 bits per heavy atom. The number of nitrogens with one attached hydrogen (secondary N) is 4. The molecule has 12 nitrogen and oxygen atoms in total. The molecule has 4 N–H and O–H groups in total. The highest BCUT2D eigenvalue weighted by Crippen LogP contribution is 2.31. The average molecular weight is 708 g/mol. The Kier molecular flexibility index (Phi) is 12.4. The summed E-state index contributed by atoms with van der Waals surface area (Å²) in [5.74, 6) is -0.133. The van der Waals surface area contributed by atoms with Crippen LogP contribution in [-0.2, 0) is 46.9 Å². The van der Waals surface area contributed by atoms with Gasteiger partial charge < -0.3 is 26.0 Å². The maximum absolute atomic E-state index is 14.9. The van der Waals surface area contributed by atoms with Gasteiger partial charge in [-0.25, -0.2) is 24.0 Å². The first-order valence-corrected chi connectivity index (χ1v) is 18.0. The summed E-state index contributed by atoms with van der Waals surface area (Å²) in [7, 11) is 0. The minimum absolute atomic E-state index is 0.131. The van der Waals surface area contributed by atoms with Gasteiger partial charge in [0.1, 0.15) is 5.82 Å². The van der Waals surface area contributed by atoms with Gasteiger partial charge in [0, 0.05) is 87.5 Å². The normalized spacial score (nSPS) is 13.2. The maximum Gasteiger partial charge on any atom is 0.222 e. The van der Waals surface area contributed by atoms with E-state index in [1.165, 1.54) is 6.07 Å². The number of ether oxygens (including phenoxy) is 1. The Morgan fingerprint density at radius 1 is 0.923 bits per heavy atom. The van der Waals surface area contributed by atoms with Gasteiger partial charge >= 0.3 is 0 Å². The molecule has 13 heteroatoms.